The lowest BCUT2D eigenvalue weighted by Gasteiger charge is -2.03. The van der Waals surface area contributed by atoms with Gasteiger partial charge in [-0.2, -0.15) is 4.98 Å². The summed E-state index contributed by atoms with van der Waals surface area (Å²) in [7, 11) is 1.64. The van der Waals surface area contributed by atoms with E-state index in [1.165, 1.54) is 6.92 Å². The van der Waals surface area contributed by atoms with Crippen LogP contribution in [0.15, 0.2) is 42.6 Å². The van der Waals surface area contributed by atoms with E-state index >= 15 is 0 Å². The lowest BCUT2D eigenvalue weighted by Crippen LogP contribution is -2.07. The molecule has 0 bridgehead atoms. The Bertz CT molecular complexity index is 793. The molecule has 3 rings (SSSR count). The van der Waals surface area contributed by atoms with E-state index in [2.05, 4.69) is 15.4 Å². The van der Waals surface area contributed by atoms with Crippen LogP contribution in [-0.4, -0.2) is 27.6 Å². The largest absolute Gasteiger partial charge is 0.497 e. The van der Waals surface area contributed by atoms with Crippen LogP contribution < -0.4 is 10.1 Å². The Kier molecular flexibility index (Phi) is 3.27. The predicted octanol–water partition coefficient (Wildman–Crippen LogP) is 2.36. The second-order valence-electron chi connectivity index (χ2n) is 4.57. The van der Waals surface area contributed by atoms with Crippen molar-refractivity contribution in [1.82, 2.24) is 14.6 Å². The van der Waals surface area contributed by atoms with Gasteiger partial charge in [0.15, 0.2) is 5.65 Å². The van der Waals surface area contributed by atoms with Gasteiger partial charge in [-0.3, -0.25) is 10.1 Å². The van der Waals surface area contributed by atoms with Crippen molar-refractivity contribution in [2.75, 3.05) is 12.4 Å². The van der Waals surface area contributed by atoms with Crippen molar-refractivity contribution < 1.29 is 9.53 Å². The first-order valence-electron chi connectivity index (χ1n) is 6.44. The van der Waals surface area contributed by atoms with E-state index in [1.54, 1.807) is 11.6 Å². The molecule has 6 heteroatoms. The Labute approximate surface area is 121 Å². The molecule has 1 N–H and O–H groups in total. The molecule has 6 nitrogen and oxygen atoms in total. The summed E-state index contributed by atoms with van der Waals surface area (Å²) in [5.74, 6) is 0.921. The average molecular weight is 282 g/mol. The molecule has 2 aromatic heterocycles. The molecule has 0 aliphatic carbocycles. The van der Waals surface area contributed by atoms with Crippen molar-refractivity contribution in [3.8, 4) is 16.9 Å². The minimum atomic E-state index is -0.193. The fourth-order valence-corrected chi connectivity index (χ4v) is 2.05. The smallest absolute Gasteiger partial charge is 0.249 e. The Morgan fingerprint density at radius 2 is 1.86 bits per heavy atom. The lowest BCUT2D eigenvalue weighted by molar-refractivity contribution is -0.114. The Morgan fingerprint density at radius 3 is 2.52 bits per heavy atom. The zero-order chi connectivity index (χ0) is 14.8. The monoisotopic (exact) mass is 282 g/mol. The van der Waals surface area contributed by atoms with Crippen LogP contribution in [0.25, 0.3) is 16.8 Å². The average Bonchev–Trinajstić information content (AvgIpc) is 2.87. The van der Waals surface area contributed by atoms with Crippen LogP contribution in [-0.2, 0) is 4.79 Å². The number of amides is 1. The molecule has 1 amide bonds. The number of methoxy groups -OCH3 is 1. The highest BCUT2D eigenvalue weighted by molar-refractivity contribution is 5.86. The maximum atomic E-state index is 11.0. The molecule has 2 heterocycles. The van der Waals surface area contributed by atoms with E-state index in [9.17, 15) is 4.79 Å². The number of benzene rings is 1. The van der Waals surface area contributed by atoms with Crippen molar-refractivity contribution in [2.24, 2.45) is 0 Å². The van der Waals surface area contributed by atoms with Gasteiger partial charge in [-0.05, 0) is 29.8 Å². The molecule has 21 heavy (non-hydrogen) atoms. The summed E-state index contributed by atoms with van der Waals surface area (Å²) >= 11 is 0. The number of pyridine rings is 1. The van der Waals surface area contributed by atoms with Crippen LogP contribution in [0.5, 0.6) is 5.75 Å². The van der Waals surface area contributed by atoms with Gasteiger partial charge in [0.2, 0.25) is 11.9 Å². The van der Waals surface area contributed by atoms with Crippen LogP contribution in [0.4, 0.5) is 5.95 Å². The van der Waals surface area contributed by atoms with Gasteiger partial charge in [0.1, 0.15) is 5.75 Å². The molecular formula is C15H14N4O2. The predicted molar refractivity (Wildman–Crippen MR) is 79.3 cm³/mol. The molecule has 0 saturated carbocycles. The maximum absolute atomic E-state index is 11.0. The topological polar surface area (TPSA) is 68.5 Å². The number of nitrogens with one attached hydrogen (secondary N) is 1. The van der Waals surface area contributed by atoms with Crippen molar-refractivity contribution in [1.29, 1.82) is 0 Å². The maximum Gasteiger partial charge on any atom is 0.249 e. The van der Waals surface area contributed by atoms with Crippen LogP contribution in [0.2, 0.25) is 0 Å². The fourth-order valence-electron chi connectivity index (χ4n) is 2.05. The van der Waals surface area contributed by atoms with E-state index < -0.39 is 0 Å². The number of rotatable bonds is 3. The van der Waals surface area contributed by atoms with Crippen molar-refractivity contribution >= 4 is 17.5 Å². The third-order valence-electron chi connectivity index (χ3n) is 3.04. The molecule has 3 aromatic rings. The molecule has 0 radical (unpaired) electrons. The number of carbonyl (C=O) groups is 1. The van der Waals surface area contributed by atoms with Gasteiger partial charge in [-0.1, -0.05) is 12.1 Å². The number of ether oxygens (including phenoxy) is 1. The number of nitrogens with zero attached hydrogens (tertiary/aromatic N) is 3. The molecule has 0 unspecified atom stereocenters. The Hall–Kier alpha value is -2.89. The van der Waals surface area contributed by atoms with E-state index in [0.717, 1.165) is 16.9 Å². The van der Waals surface area contributed by atoms with Crippen molar-refractivity contribution in [3.05, 3.63) is 42.6 Å². The Balaban J connectivity index is 1.97. The molecule has 0 fully saturated rings. The van der Waals surface area contributed by atoms with E-state index in [0.29, 0.717) is 11.6 Å². The first kappa shape index (κ1) is 13.1. The van der Waals surface area contributed by atoms with Gasteiger partial charge >= 0.3 is 0 Å². The first-order chi connectivity index (χ1) is 10.2. The van der Waals surface area contributed by atoms with Crippen LogP contribution in [0.3, 0.4) is 0 Å². The normalized spacial score (nSPS) is 10.6. The first-order valence-corrected chi connectivity index (χ1v) is 6.44. The zero-order valence-corrected chi connectivity index (χ0v) is 11.7. The van der Waals surface area contributed by atoms with Crippen LogP contribution in [0.1, 0.15) is 6.92 Å². The highest BCUT2D eigenvalue weighted by Gasteiger charge is 2.06. The molecule has 0 aliphatic heterocycles. The Morgan fingerprint density at radius 1 is 1.14 bits per heavy atom. The zero-order valence-electron chi connectivity index (χ0n) is 11.7. The van der Waals surface area contributed by atoms with Gasteiger partial charge in [-0.15, -0.1) is 5.10 Å². The number of hydrogen-bond donors (Lipinski definition) is 1. The van der Waals surface area contributed by atoms with Gasteiger partial charge in [0.25, 0.3) is 0 Å². The number of anilines is 1. The summed E-state index contributed by atoms with van der Waals surface area (Å²) in [5.41, 5.74) is 2.73. The van der Waals surface area contributed by atoms with E-state index in [-0.39, 0.29) is 5.91 Å². The van der Waals surface area contributed by atoms with E-state index in [1.807, 2.05) is 42.6 Å². The summed E-state index contributed by atoms with van der Waals surface area (Å²) in [5, 5.41) is 6.79. The highest BCUT2D eigenvalue weighted by atomic mass is 16.5. The molecule has 0 atom stereocenters. The number of fused-ring (bicyclic) bond motifs is 1. The van der Waals surface area contributed by atoms with Crippen LogP contribution >= 0.6 is 0 Å². The molecule has 0 spiro atoms. The SMILES string of the molecule is COc1ccc(-c2ccc3nc(NC(C)=O)nn3c2)cc1. The van der Waals surface area contributed by atoms with Crippen molar-refractivity contribution in [2.45, 2.75) is 6.92 Å². The minimum Gasteiger partial charge on any atom is -0.497 e. The summed E-state index contributed by atoms with van der Waals surface area (Å²) < 4.78 is 6.79. The van der Waals surface area contributed by atoms with Gasteiger partial charge in [-0.25, -0.2) is 4.52 Å². The van der Waals surface area contributed by atoms with Gasteiger partial charge < -0.3 is 4.74 Å². The molecule has 0 aliphatic rings. The number of hydrogen-bond acceptors (Lipinski definition) is 4. The second-order valence-corrected chi connectivity index (χ2v) is 4.57. The number of aromatic nitrogens is 3. The highest BCUT2D eigenvalue weighted by Crippen LogP contribution is 2.22. The van der Waals surface area contributed by atoms with E-state index in [4.69, 9.17) is 4.74 Å². The van der Waals surface area contributed by atoms with Gasteiger partial charge in [0.05, 0.1) is 7.11 Å². The fraction of sp³-hybridized carbons (Fsp3) is 0.133. The molecular weight excluding hydrogens is 268 g/mol. The summed E-state index contributed by atoms with van der Waals surface area (Å²) in [6.45, 7) is 1.43. The standard InChI is InChI=1S/C15H14N4O2/c1-10(20)16-15-17-14-8-5-12(9-19(14)18-15)11-3-6-13(21-2)7-4-11/h3-9H,1-2H3,(H,16,18,20). The summed E-state index contributed by atoms with van der Waals surface area (Å²) in [4.78, 5) is 15.2. The third-order valence-corrected chi connectivity index (χ3v) is 3.04. The summed E-state index contributed by atoms with van der Waals surface area (Å²) in [6.07, 6.45) is 1.87. The van der Waals surface area contributed by atoms with Gasteiger partial charge in [0, 0.05) is 18.7 Å². The molecule has 0 saturated heterocycles. The number of carbonyl (C=O) groups excluding carboxylic acids is 1. The lowest BCUT2D eigenvalue weighted by atomic mass is 10.1. The second kappa shape index (κ2) is 5.24. The quantitative estimate of drug-likeness (QED) is 0.800. The molecule has 1 aromatic carbocycles. The van der Waals surface area contributed by atoms with Crippen LogP contribution in [0, 0.1) is 0 Å². The third kappa shape index (κ3) is 2.69. The summed E-state index contributed by atoms with van der Waals surface area (Å²) in [6, 6.07) is 11.6. The minimum absolute atomic E-state index is 0.193. The molecule has 106 valence electrons. The van der Waals surface area contributed by atoms with Crippen molar-refractivity contribution in [3.63, 3.8) is 0 Å².